The molecule has 3 N–H and O–H groups in total. The zero-order chi connectivity index (χ0) is 21.6. The van der Waals surface area contributed by atoms with Gasteiger partial charge < -0.3 is 14.5 Å². The van der Waals surface area contributed by atoms with Crippen molar-refractivity contribution in [3.63, 3.8) is 0 Å². The largest absolute Gasteiger partial charge is 0.494 e. The fourth-order valence-electron chi connectivity index (χ4n) is 2.47. The third-order valence-electron chi connectivity index (χ3n) is 3.92. The van der Waals surface area contributed by atoms with Crippen molar-refractivity contribution in [1.82, 2.24) is 9.71 Å². The van der Waals surface area contributed by atoms with Gasteiger partial charge >= 0.3 is 7.60 Å². The molecule has 0 radical (unpaired) electrons. The molecule has 0 aliphatic carbocycles. The van der Waals surface area contributed by atoms with E-state index in [1.807, 2.05) is 16.9 Å². The van der Waals surface area contributed by atoms with Crippen LogP contribution in [0.5, 0.6) is 5.75 Å². The SMILES string of the molecule is O=P(O)(O)CNS(=O)(=O)c1cc2ccc(OCCCCSc3ccncc3)cc2s1. The number of pyridine rings is 1. The quantitative estimate of drug-likeness (QED) is 0.212. The summed E-state index contributed by atoms with van der Waals surface area (Å²) >= 11 is 2.80. The van der Waals surface area contributed by atoms with Crippen molar-refractivity contribution in [2.75, 3.05) is 18.6 Å². The van der Waals surface area contributed by atoms with Crippen molar-refractivity contribution in [2.24, 2.45) is 0 Å². The molecular formula is C18H21N2O6PS3. The lowest BCUT2D eigenvalue weighted by Gasteiger charge is -2.06. The van der Waals surface area contributed by atoms with E-state index in [-0.39, 0.29) is 4.21 Å². The molecular weight excluding hydrogens is 467 g/mol. The van der Waals surface area contributed by atoms with Crippen LogP contribution in [0, 0.1) is 0 Å². The van der Waals surface area contributed by atoms with Crippen molar-refractivity contribution in [1.29, 1.82) is 0 Å². The van der Waals surface area contributed by atoms with Gasteiger partial charge in [-0.05, 0) is 60.4 Å². The lowest BCUT2D eigenvalue weighted by Crippen LogP contribution is -2.23. The van der Waals surface area contributed by atoms with Crippen molar-refractivity contribution in [2.45, 2.75) is 21.9 Å². The Morgan fingerprint density at radius 2 is 1.90 bits per heavy atom. The van der Waals surface area contributed by atoms with Gasteiger partial charge in [0.1, 0.15) is 16.2 Å². The summed E-state index contributed by atoms with van der Waals surface area (Å²) in [5.41, 5.74) is 0. The number of thiophene rings is 1. The van der Waals surface area contributed by atoms with E-state index in [0.29, 0.717) is 12.4 Å². The van der Waals surface area contributed by atoms with E-state index >= 15 is 0 Å². The average Bonchev–Trinajstić information content (AvgIpc) is 3.14. The fourth-order valence-corrected chi connectivity index (χ4v) is 6.85. The third-order valence-corrected chi connectivity index (χ3v) is 8.78. The number of ether oxygens (including phenoxy) is 1. The van der Waals surface area contributed by atoms with Gasteiger partial charge in [-0.25, -0.2) is 8.42 Å². The molecule has 0 fully saturated rings. The van der Waals surface area contributed by atoms with Gasteiger partial charge in [-0.2, -0.15) is 4.72 Å². The summed E-state index contributed by atoms with van der Waals surface area (Å²) in [6.45, 7) is 0.558. The molecule has 0 saturated heterocycles. The summed E-state index contributed by atoms with van der Waals surface area (Å²) in [7, 11) is -8.46. The number of nitrogens with zero attached hydrogens (tertiary/aromatic N) is 1. The number of hydrogen-bond donors (Lipinski definition) is 3. The molecule has 0 aliphatic heterocycles. The van der Waals surface area contributed by atoms with Crippen LogP contribution in [0.4, 0.5) is 0 Å². The molecule has 0 unspecified atom stereocenters. The second-order valence-electron chi connectivity index (χ2n) is 6.32. The summed E-state index contributed by atoms with van der Waals surface area (Å²) in [5.74, 6) is 1.64. The van der Waals surface area contributed by atoms with E-state index in [1.54, 1.807) is 42.4 Å². The minimum Gasteiger partial charge on any atom is -0.494 e. The Bertz CT molecular complexity index is 1130. The van der Waals surface area contributed by atoms with E-state index < -0.39 is 23.9 Å². The van der Waals surface area contributed by atoms with Crippen molar-refractivity contribution < 1.29 is 27.5 Å². The zero-order valence-corrected chi connectivity index (χ0v) is 19.1. The molecule has 2 heterocycles. The van der Waals surface area contributed by atoms with E-state index in [1.165, 1.54) is 11.0 Å². The molecule has 1 aromatic carbocycles. The normalized spacial score (nSPS) is 12.3. The predicted molar refractivity (Wildman–Crippen MR) is 119 cm³/mol. The number of hydrogen-bond acceptors (Lipinski definition) is 7. The van der Waals surface area contributed by atoms with Gasteiger partial charge in [-0.15, -0.1) is 23.1 Å². The molecule has 8 nitrogen and oxygen atoms in total. The lowest BCUT2D eigenvalue weighted by molar-refractivity contribution is 0.310. The van der Waals surface area contributed by atoms with E-state index in [2.05, 4.69) is 4.98 Å². The standard InChI is InChI=1S/C18H21N2O6PS3/c21-27(22,23)13-20-30(24,25)18-11-14-3-4-15(12-17(14)29-18)26-9-1-2-10-28-16-5-7-19-8-6-16/h3-8,11-12,20H,1-2,9-10,13H2,(H2,21,22,23). The van der Waals surface area contributed by atoms with Crippen molar-refractivity contribution >= 4 is 50.8 Å². The predicted octanol–water partition coefficient (Wildman–Crippen LogP) is 3.66. The number of thioether (sulfide) groups is 1. The molecule has 0 spiro atoms. The first-order chi connectivity index (χ1) is 14.2. The molecule has 0 atom stereocenters. The van der Waals surface area contributed by atoms with Crippen LogP contribution in [0.25, 0.3) is 10.1 Å². The van der Waals surface area contributed by atoms with Gasteiger partial charge in [0.15, 0.2) is 0 Å². The molecule has 12 heteroatoms. The molecule has 0 aliphatic rings. The summed E-state index contributed by atoms with van der Waals surface area (Å²) in [5, 5.41) is 0.720. The third kappa shape index (κ3) is 7.05. The first kappa shape index (κ1) is 23.2. The van der Waals surface area contributed by atoms with Crippen molar-refractivity contribution in [3.8, 4) is 5.75 Å². The van der Waals surface area contributed by atoms with Gasteiger partial charge in [-0.3, -0.25) is 9.55 Å². The van der Waals surface area contributed by atoms with Crippen LogP contribution in [0.3, 0.4) is 0 Å². The smallest absolute Gasteiger partial charge is 0.340 e. The van der Waals surface area contributed by atoms with Gasteiger partial charge in [0.05, 0.1) is 6.61 Å². The Kier molecular flexibility index (Phi) is 7.92. The molecule has 0 saturated carbocycles. The maximum absolute atomic E-state index is 12.2. The Morgan fingerprint density at radius 3 is 2.63 bits per heavy atom. The first-order valence-corrected chi connectivity index (χ1v) is 14.0. The number of rotatable bonds is 11. The number of unbranched alkanes of at least 4 members (excludes halogenated alkanes) is 1. The number of sulfonamides is 1. The molecule has 0 bridgehead atoms. The van der Waals surface area contributed by atoms with Crippen LogP contribution in [0.1, 0.15) is 12.8 Å². The molecule has 162 valence electrons. The van der Waals surface area contributed by atoms with Crippen LogP contribution in [-0.4, -0.2) is 41.8 Å². The number of benzene rings is 1. The van der Waals surface area contributed by atoms with Crippen LogP contribution in [0.15, 0.2) is 57.9 Å². The van der Waals surface area contributed by atoms with Crippen LogP contribution in [0.2, 0.25) is 0 Å². The highest BCUT2D eigenvalue weighted by Crippen LogP contribution is 2.35. The first-order valence-electron chi connectivity index (χ1n) is 8.96. The Labute approximate surface area is 182 Å². The average molecular weight is 489 g/mol. The Morgan fingerprint density at radius 1 is 1.13 bits per heavy atom. The second kappa shape index (κ2) is 10.2. The number of nitrogens with one attached hydrogen (secondary N) is 1. The monoisotopic (exact) mass is 488 g/mol. The summed E-state index contributed by atoms with van der Waals surface area (Å²) in [6.07, 6.45) is 4.51. The van der Waals surface area contributed by atoms with Gasteiger partial charge in [0, 0.05) is 22.0 Å². The molecule has 3 rings (SSSR count). The van der Waals surface area contributed by atoms with Gasteiger partial charge in [0.2, 0.25) is 0 Å². The number of fused-ring (bicyclic) bond motifs is 1. The molecule has 0 amide bonds. The van der Waals surface area contributed by atoms with Crippen LogP contribution in [-0.2, 0) is 14.6 Å². The Balaban J connectivity index is 1.51. The molecule has 2 aromatic heterocycles. The van der Waals surface area contributed by atoms with Crippen LogP contribution >= 0.6 is 30.7 Å². The molecule has 30 heavy (non-hydrogen) atoms. The Hall–Kier alpha value is -1.46. The lowest BCUT2D eigenvalue weighted by atomic mass is 10.2. The zero-order valence-electron chi connectivity index (χ0n) is 15.8. The van der Waals surface area contributed by atoms with Gasteiger partial charge in [0.25, 0.3) is 10.0 Å². The summed E-state index contributed by atoms with van der Waals surface area (Å²) in [6, 6.07) is 10.7. The summed E-state index contributed by atoms with van der Waals surface area (Å²) < 4.78 is 43.8. The highest BCUT2D eigenvalue weighted by Gasteiger charge is 2.22. The number of aromatic nitrogens is 1. The highest BCUT2D eigenvalue weighted by atomic mass is 32.2. The minimum atomic E-state index is -4.47. The van der Waals surface area contributed by atoms with E-state index in [4.69, 9.17) is 14.5 Å². The van der Waals surface area contributed by atoms with E-state index in [0.717, 1.165) is 40.0 Å². The topological polar surface area (TPSA) is 126 Å². The molecule has 3 aromatic rings. The summed E-state index contributed by atoms with van der Waals surface area (Å²) in [4.78, 5) is 22.9. The fraction of sp³-hybridized carbons (Fsp3) is 0.278. The minimum absolute atomic E-state index is 0.00348. The maximum Gasteiger partial charge on any atom is 0.340 e. The van der Waals surface area contributed by atoms with E-state index in [9.17, 15) is 13.0 Å². The van der Waals surface area contributed by atoms with Crippen LogP contribution < -0.4 is 9.46 Å². The van der Waals surface area contributed by atoms with Crippen molar-refractivity contribution in [3.05, 3.63) is 48.8 Å². The maximum atomic E-state index is 12.2. The van der Waals surface area contributed by atoms with Gasteiger partial charge in [-0.1, -0.05) is 0 Å². The second-order valence-corrected chi connectivity index (χ2v) is 12.2. The highest BCUT2D eigenvalue weighted by molar-refractivity contribution is 7.99.